The predicted octanol–water partition coefficient (Wildman–Crippen LogP) is 3.20. The molecule has 0 aromatic carbocycles. The van der Waals surface area contributed by atoms with Crippen LogP contribution in [0.5, 0.6) is 0 Å². The van der Waals surface area contributed by atoms with E-state index in [9.17, 15) is 0 Å². The number of unbranched alkanes of at least 4 members (excludes halogenated alkanes) is 1. The summed E-state index contributed by atoms with van der Waals surface area (Å²) in [6.07, 6.45) is 9.21. The molecule has 0 spiro atoms. The lowest BCUT2D eigenvalue weighted by molar-refractivity contribution is 0.171. The van der Waals surface area contributed by atoms with Crippen molar-refractivity contribution in [1.29, 1.82) is 0 Å². The van der Waals surface area contributed by atoms with Gasteiger partial charge in [0.2, 0.25) is 0 Å². The lowest BCUT2D eigenvalue weighted by atomic mass is 10.1. The average Bonchev–Trinajstić information content (AvgIpc) is 2.25. The quantitative estimate of drug-likeness (QED) is 0.539. The van der Waals surface area contributed by atoms with Crippen LogP contribution in [0.15, 0.2) is 23.7 Å². The third-order valence-corrected chi connectivity index (χ3v) is 2.52. The molecule has 0 aromatic heterocycles. The van der Waals surface area contributed by atoms with Gasteiger partial charge in [0.1, 0.15) is 0 Å². The van der Waals surface area contributed by atoms with Gasteiger partial charge in [0.05, 0.1) is 13.7 Å². The molecule has 0 heterocycles. The largest absolute Gasteiger partial charge is 0.493 e. The lowest BCUT2D eigenvalue weighted by Crippen LogP contribution is -2.03. The first-order chi connectivity index (χ1) is 6.88. The summed E-state index contributed by atoms with van der Waals surface area (Å²) < 4.78 is 10.8. The third-order valence-electron chi connectivity index (χ3n) is 1.96. The van der Waals surface area contributed by atoms with Crippen LogP contribution < -0.4 is 0 Å². The summed E-state index contributed by atoms with van der Waals surface area (Å²) in [7, 11) is 1.67. The highest BCUT2D eigenvalue weighted by atomic mass is 79.9. The Bertz CT molecular complexity index is 221. The number of alkyl halides is 1. The van der Waals surface area contributed by atoms with Crippen LogP contribution in [0.4, 0.5) is 0 Å². The first kappa shape index (κ1) is 11.6. The Labute approximate surface area is 94.1 Å². The van der Waals surface area contributed by atoms with Gasteiger partial charge in [0.25, 0.3) is 0 Å². The highest BCUT2D eigenvalue weighted by molar-refractivity contribution is 9.09. The highest BCUT2D eigenvalue weighted by Crippen LogP contribution is 2.19. The molecule has 0 aromatic rings. The number of methoxy groups -OCH3 is 1. The van der Waals surface area contributed by atoms with Crippen molar-refractivity contribution in [1.82, 2.24) is 0 Å². The van der Waals surface area contributed by atoms with E-state index in [0.29, 0.717) is 0 Å². The summed E-state index contributed by atoms with van der Waals surface area (Å²) in [5.41, 5.74) is 0. The van der Waals surface area contributed by atoms with E-state index in [1.54, 1.807) is 7.11 Å². The molecule has 14 heavy (non-hydrogen) atoms. The molecule has 0 saturated carbocycles. The van der Waals surface area contributed by atoms with Crippen molar-refractivity contribution in [2.24, 2.45) is 0 Å². The average molecular weight is 260 g/mol. The van der Waals surface area contributed by atoms with Gasteiger partial charge in [-0.15, -0.1) is 0 Å². The summed E-state index contributed by atoms with van der Waals surface area (Å²) in [5.74, 6) is 1.71. The molecular formula is C11H16BrO2. The Balaban J connectivity index is 2.28. The van der Waals surface area contributed by atoms with Crippen LogP contribution >= 0.6 is 15.9 Å². The van der Waals surface area contributed by atoms with E-state index in [4.69, 9.17) is 9.47 Å². The van der Waals surface area contributed by atoms with Crippen molar-refractivity contribution >= 4 is 15.9 Å². The zero-order chi connectivity index (χ0) is 10.2. The Morgan fingerprint density at radius 1 is 1.36 bits per heavy atom. The first-order valence-corrected chi connectivity index (χ1v) is 5.97. The van der Waals surface area contributed by atoms with E-state index in [-0.39, 0.29) is 0 Å². The zero-order valence-corrected chi connectivity index (χ0v) is 10.0. The molecule has 1 aliphatic rings. The molecule has 0 amide bonds. The van der Waals surface area contributed by atoms with Crippen LogP contribution in [-0.2, 0) is 9.47 Å². The standard InChI is InChI=1S/C11H16BrO2/c1-13-10-6-2-3-7-11(10)14-9-5-4-8-12/h2,6-7H,3-5,8-9H2,1H3. The molecule has 1 aliphatic carbocycles. The van der Waals surface area contributed by atoms with Gasteiger partial charge in [0.15, 0.2) is 11.5 Å². The maximum absolute atomic E-state index is 5.62. The van der Waals surface area contributed by atoms with Gasteiger partial charge in [-0.25, -0.2) is 0 Å². The van der Waals surface area contributed by atoms with Crippen molar-refractivity contribution in [3.8, 4) is 0 Å². The molecule has 0 fully saturated rings. The van der Waals surface area contributed by atoms with Crippen LogP contribution in [0.2, 0.25) is 0 Å². The van der Waals surface area contributed by atoms with Crippen molar-refractivity contribution in [2.75, 3.05) is 19.0 Å². The summed E-state index contributed by atoms with van der Waals surface area (Å²) in [5, 5.41) is 1.04. The number of halogens is 1. The summed E-state index contributed by atoms with van der Waals surface area (Å²) in [6, 6.07) is 0. The van der Waals surface area contributed by atoms with Crippen molar-refractivity contribution in [3.05, 3.63) is 30.1 Å². The zero-order valence-electron chi connectivity index (χ0n) is 8.46. The van der Waals surface area contributed by atoms with E-state index < -0.39 is 0 Å². The summed E-state index contributed by atoms with van der Waals surface area (Å²) in [6.45, 7) is 0.762. The second-order valence-electron chi connectivity index (χ2n) is 3.02. The lowest BCUT2D eigenvalue weighted by Gasteiger charge is -2.15. The van der Waals surface area contributed by atoms with Crippen molar-refractivity contribution in [3.63, 3.8) is 0 Å². The van der Waals surface area contributed by atoms with Crippen molar-refractivity contribution in [2.45, 2.75) is 19.3 Å². The molecule has 0 aliphatic heterocycles. The van der Waals surface area contributed by atoms with Gasteiger partial charge in [-0.05, 0) is 37.8 Å². The summed E-state index contributed by atoms with van der Waals surface area (Å²) >= 11 is 3.39. The highest BCUT2D eigenvalue weighted by Gasteiger charge is 2.09. The maximum Gasteiger partial charge on any atom is 0.156 e. The van der Waals surface area contributed by atoms with Gasteiger partial charge >= 0.3 is 0 Å². The topological polar surface area (TPSA) is 18.5 Å². The van der Waals surface area contributed by atoms with E-state index >= 15 is 0 Å². The fourth-order valence-corrected chi connectivity index (χ4v) is 1.61. The molecule has 3 heteroatoms. The minimum absolute atomic E-state index is 0.762. The third kappa shape index (κ3) is 3.74. The molecule has 1 rings (SSSR count). The minimum atomic E-state index is 0.762. The second kappa shape index (κ2) is 6.93. The SMILES string of the molecule is COC1=C[CH]CC=C1OCCCCBr. The number of ether oxygens (including phenoxy) is 2. The van der Waals surface area contributed by atoms with Crippen LogP contribution in [0.3, 0.4) is 0 Å². The van der Waals surface area contributed by atoms with Crippen LogP contribution in [0.25, 0.3) is 0 Å². The molecule has 0 N–H and O–H groups in total. The number of hydrogen-bond acceptors (Lipinski definition) is 2. The van der Waals surface area contributed by atoms with Crippen molar-refractivity contribution < 1.29 is 9.47 Å². The Morgan fingerprint density at radius 3 is 2.93 bits per heavy atom. The Morgan fingerprint density at radius 2 is 2.21 bits per heavy atom. The monoisotopic (exact) mass is 259 g/mol. The van der Waals surface area contributed by atoms with Gasteiger partial charge in [-0.2, -0.15) is 0 Å². The smallest absolute Gasteiger partial charge is 0.156 e. The fraction of sp³-hybridized carbons (Fsp3) is 0.545. The van der Waals surface area contributed by atoms with Gasteiger partial charge in [-0.3, -0.25) is 0 Å². The van der Waals surface area contributed by atoms with Gasteiger partial charge < -0.3 is 9.47 Å². The molecular weight excluding hydrogens is 244 g/mol. The normalized spacial score (nSPS) is 15.9. The van der Waals surface area contributed by atoms with Crippen LogP contribution in [0.1, 0.15) is 19.3 Å². The number of allylic oxidation sites excluding steroid dienone is 2. The molecule has 79 valence electrons. The molecule has 0 atom stereocenters. The minimum Gasteiger partial charge on any atom is -0.493 e. The van der Waals surface area contributed by atoms with Crippen LogP contribution in [-0.4, -0.2) is 19.0 Å². The molecule has 0 bridgehead atoms. The Hall–Kier alpha value is -0.440. The first-order valence-electron chi connectivity index (χ1n) is 4.85. The van der Waals surface area contributed by atoms with E-state index in [2.05, 4.69) is 22.4 Å². The molecule has 2 nitrogen and oxygen atoms in total. The molecule has 1 radical (unpaired) electrons. The predicted molar refractivity (Wildman–Crippen MR) is 61.1 cm³/mol. The fourth-order valence-electron chi connectivity index (χ4n) is 1.21. The van der Waals surface area contributed by atoms with E-state index in [1.165, 1.54) is 0 Å². The summed E-state index contributed by atoms with van der Waals surface area (Å²) in [4.78, 5) is 0. The Kier molecular flexibility index (Phi) is 5.76. The molecule has 0 saturated heterocycles. The number of hydrogen-bond donors (Lipinski definition) is 0. The van der Waals surface area contributed by atoms with Gasteiger partial charge in [0, 0.05) is 5.33 Å². The molecule has 0 unspecified atom stereocenters. The second-order valence-corrected chi connectivity index (χ2v) is 3.81. The van der Waals surface area contributed by atoms with Crippen LogP contribution in [0, 0.1) is 6.42 Å². The van der Waals surface area contributed by atoms with Gasteiger partial charge in [-0.1, -0.05) is 15.9 Å². The van der Waals surface area contributed by atoms with E-state index in [0.717, 1.165) is 42.7 Å². The van der Waals surface area contributed by atoms with E-state index in [1.807, 2.05) is 12.2 Å². The number of rotatable bonds is 6. The maximum atomic E-state index is 5.62.